The van der Waals surface area contributed by atoms with Crippen molar-refractivity contribution < 1.29 is 9.84 Å². The summed E-state index contributed by atoms with van der Waals surface area (Å²) < 4.78 is 5.99. The van der Waals surface area contributed by atoms with Crippen LogP contribution < -0.4 is 4.74 Å². The summed E-state index contributed by atoms with van der Waals surface area (Å²) in [6.45, 7) is 13.5. The molecule has 0 bridgehead atoms. The maximum absolute atomic E-state index is 9.85. The van der Waals surface area contributed by atoms with Crippen LogP contribution in [0.2, 0.25) is 0 Å². The lowest BCUT2D eigenvalue weighted by atomic mass is 9.90. The van der Waals surface area contributed by atoms with Crippen LogP contribution >= 0.6 is 0 Å². The molecule has 0 radical (unpaired) electrons. The second-order valence-electron chi connectivity index (χ2n) is 6.39. The van der Waals surface area contributed by atoms with Crippen LogP contribution in [-0.4, -0.2) is 5.11 Å². The fraction of sp³-hybridized carbons (Fsp3) is 0.429. The first-order valence-electron chi connectivity index (χ1n) is 8.33. The van der Waals surface area contributed by atoms with Crippen molar-refractivity contribution in [1.82, 2.24) is 0 Å². The van der Waals surface area contributed by atoms with Crippen molar-refractivity contribution >= 4 is 0 Å². The number of aliphatic hydroxyl groups excluding tert-OH is 1. The van der Waals surface area contributed by atoms with E-state index in [1.807, 2.05) is 31.2 Å². The number of rotatable bonds is 5. The molecule has 23 heavy (non-hydrogen) atoms. The van der Waals surface area contributed by atoms with E-state index in [1.165, 1.54) is 33.4 Å². The number of hydrogen-bond donors (Lipinski definition) is 1. The minimum atomic E-state index is -0.393. The van der Waals surface area contributed by atoms with Crippen LogP contribution in [0.3, 0.4) is 0 Å². The van der Waals surface area contributed by atoms with Crippen LogP contribution in [0.15, 0.2) is 24.3 Å². The fourth-order valence-electron chi connectivity index (χ4n) is 2.97. The lowest BCUT2D eigenvalue weighted by molar-refractivity contribution is 0.173. The number of ether oxygens (including phenoxy) is 1. The average molecular weight is 312 g/mol. The second-order valence-corrected chi connectivity index (χ2v) is 6.39. The van der Waals surface area contributed by atoms with Crippen LogP contribution in [0, 0.1) is 34.6 Å². The molecular weight excluding hydrogens is 284 g/mol. The molecule has 0 saturated heterocycles. The molecule has 0 fully saturated rings. The van der Waals surface area contributed by atoms with E-state index in [2.05, 4.69) is 34.6 Å². The van der Waals surface area contributed by atoms with Gasteiger partial charge in [0.25, 0.3) is 0 Å². The zero-order valence-corrected chi connectivity index (χ0v) is 15.2. The van der Waals surface area contributed by atoms with Crippen molar-refractivity contribution in [3.05, 3.63) is 63.2 Å². The lowest BCUT2D eigenvalue weighted by Gasteiger charge is -2.19. The highest BCUT2D eigenvalue weighted by Crippen LogP contribution is 2.27. The fourth-order valence-corrected chi connectivity index (χ4v) is 2.97. The molecular formula is C21H28O2. The summed E-state index contributed by atoms with van der Waals surface area (Å²) in [5, 5.41) is 9.85. The number of aliphatic hydroxyl groups is 1. The van der Waals surface area contributed by atoms with Crippen LogP contribution in [0.5, 0.6) is 5.75 Å². The van der Waals surface area contributed by atoms with E-state index >= 15 is 0 Å². The quantitative estimate of drug-likeness (QED) is 0.817. The Kier molecular flexibility index (Phi) is 5.48. The maximum atomic E-state index is 9.85. The van der Waals surface area contributed by atoms with Crippen molar-refractivity contribution in [1.29, 1.82) is 0 Å². The van der Waals surface area contributed by atoms with Gasteiger partial charge in [-0.25, -0.2) is 0 Å². The topological polar surface area (TPSA) is 29.5 Å². The smallest absolute Gasteiger partial charge is 0.119 e. The monoisotopic (exact) mass is 312 g/mol. The van der Waals surface area contributed by atoms with Gasteiger partial charge in [0.05, 0.1) is 6.10 Å². The molecule has 2 rings (SSSR count). The highest BCUT2D eigenvalue weighted by Gasteiger charge is 2.13. The number of benzene rings is 2. The van der Waals surface area contributed by atoms with Crippen molar-refractivity contribution in [2.24, 2.45) is 0 Å². The van der Waals surface area contributed by atoms with Gasteiger partial charge in [0.15, 0.2) is 0 Å². The van der Waals surface area contributed by atoms with Gasteiger partial charge in [-0.1, -0.05) is 19.1 Å². The molecule has 2 heteroatoms. The van der Waals surface area contributed by atoms with Gasteiger partial charge >= 0.3 is 0 Å². The summed E-state index contributed by atoms with van der Waals surface area (Å²) in [7, 11) is 0. The molecule has 0 spiro atoms. The molecule has 0 aliphatic rings. The van der Waals surface area contributed by atoms with Gasteiger partial charge in [0.1, 0.15) is 12.4 Å². The first-order valence-corrected chi connectivity index (χ1v) is 8.33. The average Bonchev–Trinajstić information content (AvgIpc) is 2.58. The molecule has 1 N–H and O–H groups in total. The standard InChI is InChI=1S/C21H28O2/c1-7-21(22)18-8-10-19(11-9-18)23-12-20-16(5)14(3)13(2)15(4)17(20)6/h8-11,21-22H,7,12H2,1-6H3/t21-/m1/s1. The maximum Gasteiger partial charge on any atom is 0.119 e. The summed E-state index contributed by atoms with van der Waals surface area (Å²) in [6, 6.07) is 7.75. The van der Waals surface area contributed by atoms with Crippen LogP contribution in [0.25, 0.3) is 0 Å². The van der Waals surface area contributed by atoms with Gasteiger partial charge in [-0.2, -0.15) is 0 Å². The van der Waals surface area contributed by atoms with Gasteiger partial charge in [-0.15, -0.1) is 0 Å². The Balaban J connectivity index is 2.18. The second kappa shape index (κ2) is 7.18. The van der Waals surface area contributed by atoms with E-state index in [9.17, 15) is 5.11 Å². The Labute approximate surface area is 140 Å². The summed E-state index contributed by atoms with van der Waals surface area (Å²) >= 11 is 0. The van der Waals surface area contributed by atoms with Gasteiger partial charge < -0.3 is 9.84 Å². The summed E-state index contributed by atoms with van der Waals surface area (Å²) in [5.74, 6) is 0.840. The Morgan fingerprint density at radius 3 is 1.78 bits per heavy atom. The molecule has 0 heterocycles. The summed E-state index contributed by atoms with van der Waals surface area (Å²) in [4.78, 5) is 0. The Morgan fingerprint density at radius 1 is 0.826 bits per heavy atom. The molecule has 0 aliphatic carbocycles. The van der Waals surface area contributed by atoms with Crippen LogP contribution in [0.4, 0.5) is 0 Å². The molecule has 2 aromatic carbocycles. The van der Waals surface area contributed by atoms with Crippen molar-refractivity contribution in [3.63, 3.8) is 0 Å². The largest absolute Gasteiger partial charge is 0.489 e. The SMILES string of the molecule is CC[C@@H](O)c1ccc(OCc2c(C)c(C)c(C)c(C)c2C)cc1. The predicted molar refractivity (Wildman–Crippen MR) is 96.2 cm³/mol. The summed E-state index contributed by atoms with van der Waals surface area (Å²) in [5.41, 5.74) is 8.95. The normalized spacial score (nSPS) is 12.3. The molecule has 1 atom stereocenters. The van der Waals surface area contributed by atoms with Crippen LogP contribution in [-0.2, 0) is 6.61 Å². The minimum Gasteiger partial charge on any atom is -0.489 e. The van der Waals surface area contributed by atoms with E-state index < -0.39 is 6.10 Å². The zero-order valence-electron chi connectivity index (χ0n) is 15.2. The van der Waals surface area contributed by atoms with Gasteiger partial charge in [-0.3, -0.25) is 0 Å². The molecule has 2 nitrogen and oxygen atoms in total. The Bertz CT molecular complexity index is 655. The lowest BCUT2D eigenvalue weighted by Crippen LogP contribution is -2.06. The van der Waals surface area contributed by atoms with Gasteiger partial charge in [0, 0.05) is 0 Å². The molecule has 0 saturated carbocycles. The Morgan fingerprint density at radius 2 is 1.30 bits per heavy atom. The molecule has 0 aliphatic heterocycles. The molecule has 0 unspecified atom stereocenters. The van der Waals surface area contributed by atoms with E-state index in [-0.39, 0.29) is 0 Å². The first-order chi connectivity index (χ1) is 10.9. The van der Waals surface area contributed by atoms with Crippen molar-refractivity contribution in [2.75, 3.05) is 0 Å². The van der Waals surface area contributed by atoms with Gasteiger partial charge in [-0.05, 0) is 92.1 Å². The van der Waals surface area contributed by atoms with E-state index in [4.69, 9.17) is 4.74 Å². The summed E-state index contributed by atoms with van der Waals surface area (Å²) in [6.07, 6.45) is 0.330. The third kappa shape index (κ3) is 3.59. The predicted octanol–water partition coefficient (Wildman–Crippen LogP) is 5.25. The molecule has 2 aromatic rings. The van der Waals surface area contributed by atoms with Crippen molar-refractivity contribution in [3.8, 4) is 5.75 Å². The third-order valence-corrected chi connectivity index (χ3v) is 5.19. The highest BCUT2D eigenvalue weighted by molar-refractivity contribution is 5.49. The van der Waals surface area contributed by atoms with E-state index in [0.29, 0.717) is 6.61 Å². The van der Waals surface area contributed by atoms with Gasteiger partial charge in [0.2, 0.25) is 0 Å². The first kappa shape index (κ1) is 17.6. The van der Waals surface area contributed by atoms with Crippen LogP contribution in [0.1, 0.15) is 58.4 Å². The molecule has 0 amide bonds. The molecule has 0 aromatic heterocycles. The zero-order chi connectivity index (χ0) is 17.1. The van der Waals surface area contributed by atoms with Crippen molar-refractivity contribution in [2.45, 2.75) is 60.7 Å². The Hall–Kier alpha value is -1.80. The van der Waals surface area contributed by atoms with E-state index in [0.717, 1.165) is 17.7 Å². The molecule has 124 valence electrons. The minimum absolute atomic E-state index is 0.393. The third-order valence-electron chi connectivity index (χ3n) is 5.19. The number of hydrogen-bond acceptors (Lipinski definition) is 2. The highest BCUT2D eigenvalue weighted by atomic mass is 16.5. The van der Waals surface area contributed by atoms with E-state index in [1.54, 1.807) is 0 Å².